The lowest BCUT2D eigenvalue weighted by Crippen LogP contribution is -2.17. The van der Waals surface area contributed by atoms with Gasteiger partial charge in [-0.3, -0.25) is 9.88 Å². The fourth-order valence-electron chi connectivity index (χ4n) is 2.36. The Balaban J connectivity index is 0.000000163. The quantitative estimate of drug-likeness (QED) is 0.796. The molecule has 1 fully saturated rings. The molecule has 1 atom stereocenters. The molecule has 3 rings (SSSR count). The van der Waals surface area contributed by atoms with Crippen LogP contribution >= 0.6 is 0 Å². The largest absolute Gasteiger partial charge is 0.399 e. The Hall–Kier alpha value is -1.87. The summed E-state index contributed by atoms with van der Waals surface area (Å²) >= 11 is 0. The predicted molar refractivity (Wildman–Crippen MR) is 79.7 cm³/mol. The summed E-state index contributed by atoms with van der Waals surface area (Å²) in [6.45, 7) is 1.22. The lowest BCUT2D eigenvalue weighted by atomic mass is 10.1. The number of aromatic nitrogens is 1. The lowest BCUT2D eigenvalue weighted by Gasteiger charge is -2.18. The van der Waals surface area contributed by atoms with Gasteiger partial charge in [-0.25, -0.2) is 0 Å². The van der Waals surface area contributed by atoms with E-state index in [1.54, 1.807) is 0 Å². The van der Waals surface area contributed by atoms with Crippen molar-refractivity contribution in [3.63, 3.8) is 0 Å². The molecule has 2 heterocycles. The standard InChI is InChI=1S/C10H14N2.C6H7N/c1-12-7-3-5-10(12)9-4-2-6-11-8-9;7-6-4-2-1-3-5-6/h2,4,6,8,10H,3,5,7H2,1H3;1-5H,7H2. The molecular weight excluding hydrogens is 234 g/mol. The summed E-state index contributed by atoms with van der Waals surface area (Å²) in [5, 5.41) is 0. The summed E-state index contributed by atoms with van der Waals surface area (Å²) in [4.78, 5) is 6.54. The summed E-state index contributed by atoms with van der Waals surface area (Å²) in [5.41, 5.74) is 7.54. The molecule has 3 nitrogen and oxygen atoms in total. The molecule has 1 saturated heterocycles. The minimum absolute atomic E-state index is 0.610. The Morgan fingerprint density at radius 2 is 1.95 bits per heavy atom. The average molecular weight is 255 g/mol. The Kier molecular flexibility index (Phi) is 4.93. The van der Waals surface area contributed by atoms with Crippen LogP contribution < -0.4 is 5.73 Å². The van der Waals surface area contributed by atoms with Gasteiger partial charge < -0.3 is 5.73 Å². The van der Waals surface area contributed by atoms with Crippen molar-refractivity contribution >= 4 is 5.69 Å². The van der Waals surface area contributed by atoms with Crippen LogP contribution in [0.15, 0.2) is 54.9 Å². The highest BCUT2D eigenvalue weighted by atomic mass is 15.1. The van der Waals surface area contributed by atoms with E-state index in [9.17, 15) is 0 Å². The Morgan fingerprint density at radius 3 is 2.42 bits per heavy atom. The first-order chi connectivity index (χ1) is 9.27. The SMILES string of the molecule is CN1CCCC1c1cccnc1.Nc1ccccc1. The van der Waals surface area contributed by atoms with Gasteiger partial charge in [-0.1, -0.05) is 24.3 Å². The third kappa shape index (κ3) is 4.07. The van der Waals surface area contributed by atoms with Crippen molar-refractivity contribution in [3.05, 3.63) is 60.4 Å². The Bertz CT molecular complexity index is 470. The van der Waals surface area contributed by atoms with Gasteiger partial charge >= 0.3 is 0 Å². The van der Waals surface area contributed by atoms with E-state index in [0.717, 1.165) is 5.69 Å². The van der Waals surface area contributed by atoms with Gasteiger partial charge in [0.2, 0.25) is 0 Å². The Labute approximate surface area is 115 Å². The van der Waals surface area contributed by atoms with E-state index in [4.69, 9.17) is 5.73 Å². The van der Waals surface area contributed by atoms with Crippen molar-refractivity contribution in [1.82, 2.24) is 9.88 Å². The molecule has 0 bridgehead atoms. The van der Waals surface area contributed by atoms with Crippen LogP contribution in [-0.2, 0) is 0 Å². The maximum atomic E-state index is 5.36. The smallest absolute Gasteiger partial charge is 0.0360 e. The van der Waals surface area contributed by atoms with Gasteiger partial charge in [0.05, 0.1) is 0 Å². The molecule has 0 aliphatic carbocycles. The molecular formula is C16H21N3. The van der Waals surface area contributed by atoms with Crippen LogP contribution in [0.3, 0.4) is 0 Å². The van der Waals surface area contributed by atoms with E-state index in [1.165, 1.54) is 24.9 Å². The van der Waals surface area contributed by atoms with Crippen molar-refractivity contribution in [2.24, 2.45) is 0 Å². The van der Waals surface area contributed by atoms with E-state index in [2.05, 4.69) is 23.0 Å². The summed E-state index contributed by atoms with van der Waals surface area (Å²) in [5.74, 6) is 0. The molecule has 0 spiro atoms. The highest BCUT2D eigenvalue weighted by Crippen LogP contribution is 2.29. The zero-order valence-corrected chi connectivity index (χ0v) is 11.4. The van der Waals surface area contributed by atoms with Crippen LogP contribution in [0.1, 0.15) is 24.4 Å². The number of likely N-dealkylation sites (tertiary alicyclic amines) is 1. The maximum absolute atomic E-state index is 5.36. The number of anilines is 1. The van der Waals surface area contributed by atoms with Crippen LogP contribution in [0.5, 0.6) is 0 Å². The number of benzene rings is 1. The molecule has 1 aliphatic heterocycles. The highest BCUT2D eigenvalue weighted by molar-refractivity contribution is 5.35. The zero-order chi connectivity index (χ0) is 13.5. The van der Waals surface area contributed by atoms with E-state index in [1.807, 2.05) is 48.8 Å². The fraction of sp³-hybridized carbons (Fsp3) is 0.312. The third-order valence-electron chi connectivity index (χ3n) is 3.39. The molecule has 19 heavy (non-hydrogen) atoms. The molecule has 2 aromatic rings. The number of hydrogen-bond acceptors (Lipinski definition) is 3. The number of nitrogen functional groups attached to an aromatic ring is 1. The second-order valence-corrected chi connectivity index (χ2v) is 4.84. The Morgan fingerprint density at radius 1 is 1.16 bits per heavy atom. The molecule has 100 valence electrons. The van der Waals surface area contributed by atoms with Gasteiger partial charge in [-0.05, 0) is 50.2 Å². The molecule has 0 amide bonds. The van der Waals surface area contributed by atoms with Crippen molar-refractivity contribution in [3.8, 4) is 0 Å². The van der Waals surface area contributed by atoms with Crippen molar-refractivity contribution in [1.29, 1.82) is 0 Å². The van der Waals surface area contributed by atoms with Crippen molar-refractivity contribution in [2.45, 2.75) is 18.9 Å². The van der Waals surface area contributed by atoms with Gasteiger partial charge in [-0.15, -0.1) is 0 Å². The summed E-state index contributed by atoms with van der Waals surface area (Å²) < 4.78 is 0. The molecule has 1 aliphatic rings. The highest BCUT2D eigenvalue weighted by Gasteiger charge is 2.21. The number of rotatable bonds is 1. The van der Waals surface area contributed by atoms with Crippen LogP contribution in [-0.4, -0.2) is 23.5 Å². The van der Waals surface area contributed by atoms with Crippen molar-refractivity contribution < 1.29 is 0 Å². The molecule has 1 aromatic heterocycles. The monoisotopic (exact) mass is 255 g/mol. The van der Waals surface area contributed by atoms with Crippen LogP contribution in [0.25, 0.3) is 0 Å². The van der Waals surface area contributed by atoms with E-state index in [0.29, 0.717) is 6.04 Å². The van der Waals surface area contributed by atoms with Crippen LogP contribution in [0.2, 0.25) is 0 Å². The molecule has 1 unspecified atom stereocenters. The molecule has 0 saturated carbocycles. The summed E-state index contributed by atoms with van der Waals surface area (Å²) in [6.07, 6.45) is 6.41. The molecule has 1 aromatic carbocycles. The van der Waals surface area contributed by atoms with Gasteiger partial charge in [0.1, 0.15) is 0 Å². The van der Waals surface area contributed by atoms with Crippen LogP contribution in [0.4, 0.5) is 5.69 Å². The average Bonchev–Trinajstić information content (AvgIpc) is 2.88. The normalized spacial score (nSPS) is 18.7. The topological polar surface area (TPSA) is 42.2 Å². The number of hydrogen-bond donors (Lipinski definition) is 1. The number of nitrogens with zero attached hydrogens (tertiary/aromatic N) is 2. The number of para-hydroxylation sites is 1. The minimum atomic E-state index is 0.610. The van der Waals surface area contributed by atoms with Crippen molar-refractivity contribution in [2.75, 3.05) is 19.3 Å². The zero-order valence-electron chi connectivity index (χ0n) is 11.4. The van der Waals surface area contributed by atoms with Crippen LogP contribution in [0, 0.1) is 0 Å². The lowest BCUT2D eigenvalue weighted by molar-refractivity contribution is 0.317. The van der Waals surface area contributed by atoms with E-state index in [-0.39, 0.29) is 0 Å². The summed E-state index contributed by atoms with van der Waals surface area (Å²) in [7, 11) is 2.19. The summed E-state index contributed by atoms with van der Waals surface area (Å²) in [6, 6.07) is 14.3. The first kappa shape index (κ1) is 13.6. The minimum Gasteiger partial charge on any atom is -0.399 e. The number of nitrogens with two attached hydrogens (primary N) is 1. The second-order valence-electron chi connectivity index (χ2n) is 4.84. The van der Waals surface area contributed by atoms with E-state index >= 15 is 0 Å². The molecule has 0 radical (unpaired) electrons. The van der Waals surface area contributed by atoms with Gasteiger partial charge in [0.25, 0.3) is 0 Å². The number of pyridine rings is 1. The maximum Gasteiger partial charge on any atom is 0.0360 e. The first-order valence-corrected chi connectivity index (χ1v) is 6.68. The van der Waals surface area contributed by atoms with Gasteiger partial charge in [0, 0.05) is 24.1 Å². The van der Waals surface area contributed by atoms with E-state index < -0.39 is 0 Å². The molecule has 2 N–H and O–H groups in total. The first-order valence-electron chi connectivity index (χ1n) is 6.68. The third-order valence-corrected chi connectivity index (χ3v) is 3.39. The predicted octanol–water partition coefficient (Wildman–Crippen LogP) is 3.12. The molecule has 3 heteroatoms. The fourth-order valence-corrected chi connectivity index (χ4v) is 2.36. The van der Waals surface area contributed by atoms with Gasteiger partial charge in [0.15, 0.2) is 0 Å². The van der Waals surface area contributed by atoms with Gasteiger partial charge in [-0.2, -0.15) is 0 Å². The second kappa shape index (κ2) is 6.90.